The molecule has 0 N–H and O–H groups in total. The Hall–Kier alpha value is -5.49. The fourth-order valence-corrected chi connectivity index (χ4v) is 8.46. The molecule has 0 saturated heterocycles. The van der Waals surface area contributed by atoms with Crippen molar-refractivity contribution in [2.75, 3.05) is 13.2 Å². The molecule has 0 spiro atoms. The summed E-state index contributed by atoms with van der Waals surface area (Å²) in [6.07, 6.45) is 103. The molecule has 0 radical (unpaired) electrons. The zero-order chi connectivity index (χ0) is 59.9. The van der Waals surface area contributed by atoms with Crippen LogP contribution in [0.1, 0.15) is 265 Å². The van der Waals surface area contributed by atoms with Crippen LogP contribution in [0, 0.1) is 0 Å². The number of hydrogen-bond acceptors (Lipinski definition) is 6. The largest absolute Gasteiger partial charge is 0.462 e. The first kappa shape index (κ1) is 77.5. The average Bonchev–Trinajstić information content (AvgIpc) is 3.49. The van der Waals surface area contributed by atoms with Gasteiger partial charge in [0.05, 0.1) is 0 Å². The summed E-state index contributed by atoms with van der Waals surface area (Å²) in [5, 5.41) is 0. The Morgan fingerprint density at radius 1 is 0.253 bits per heavy atom. The molecule has 1 atom stereocenters. The molecule has 0 aliphatic carbocycles. The lowest BCUT2D eigenvalue weighted by molar-refractivity contribution is -0.167. The molecule has 1 unspecified atom stereocenters. The highest BCUT2D eigenvalue weighted by atomic mass is 16.6. The Labute approximate surface area is 510 Å². The molecular formula is C77H120O6. The van der Waals surface area contributed by atoms with Gasteiger partial charge in [-0.05, 0) is 161 Å². The lowest BCUT2D eigenvalue weighted by Crippen LogP contribution is -2.30. The summed E-state index contributed by atoms with van der Waals surface area (Å²) in [5.41, 5.74) is 0. The molecule has 0 aliphatic rings. The van der Waals surface area contributed by atoms with Crippen LogP contribution in [-0.2, 0) is 28.6 Å². The zero-order valence-corrected chi connectivity index (χ0v) is 53.1. The number of esters is 3. The molecule has 464 valence electrons. The molecule has 0 aromatic carbocycles. The minimum Gasteiger partial charge on any atom is -0.462 e. The maximum atomic E-state index is 12.9. The number of rotatable bonds is 58. The van der Waals surface area contributed by atoms with Crippen molar-refractivity contribution < 1.29 is 28.6 Å². The molecule has 0 fully saturated rings. The first-order valence-electron chi connectivity index (χ1n) is 33.3. The van der Waals surface area contributed by atoms with E-state index in [0.29, 0.717) is 19.3 Å². The third kappa shape index (κ3) is 67.2. The molecule has 6 heteroatoms. The van der Waals surface area contributed by atoms with Crippen molar-refractivity contribution in [1.29, 1.82) is 0 Å². The van der Waals surface area contributed by atoms with Crippen molar-refractivity contribution in [2.24, 2.45) is 0 Å². The van der Waals surface area contributed by atoms with E-state index in [1.807, 2.05) is 0 Å². The van der Waals surface area contributed by atoms with Crippen molar-refractivity contribution in [3.8, 4) is 0 Å². The summed E-state index contributed by atoms with van der Waals surface area (Å²) in [4.78, 5) is 38.3. The van der Waals surface area contributed by atoms with E-state index >= 15 is 0 Å². The predicted molar refractivity (Wildman–Crippen MR) is 361 cm³/mol. The molecule has 0 aliphatic heterocycles. The molecule has 0 heterocycles. The van der Waals surface area contributed by atoms with Gasteiger partial charge in [0.2, 0.25) is 0 Å². The van der Waals surface area contributed by atoms with Crippen LogP contribution < -0.4 is 0 Å². The van der Waals surface area contributed by atoms with Gasteiger partial charge in [0, 0.05) is 19.3 Å². The van der Waals surface area contributed by atoms with E-state index in [1.165, 1.54) is 51.4 Å². The second-order valence-electron chi connectivity index (χ2n) is 21.3. The Balaban J connectivity index is 4.45. The minimum atomic E-state index is -0.819. The van der Waals surface area contributed by atoms with E-state index < -0.39 is 6.10 Å². The van der Waals surface area contributed by atoms with Gasteiger partial charge in [-0.1, -0.05) is 267 Å². The number of unbranched alkanes of at least 4 members (excludes halogenated alkanes) is 17. The van der Waals surface area contributed by atoms with Gasteiger partial charge in [-0.2, -0.15) is 0 Å². The third-order valence-electron chi connectivity index (χ3n) is 13.4. The topological polar surface area (TPSA) is 78.9 Å². The number of allylic oxidation sites excluding steroid dienone is 30. The van der Waals surface area contributed by atoms with Crippen LogP contribution >= 0.6 is 0 Å². The smallest absolute Gasteiger partial charge is 0.306 e. The van der Waals surface area contributed by atoms with Crippen LogP contribution in [0.2, 0.25) is 0 Å². The second-order valence-corrected chi connectivity index (χ2v) is 21.3. The van der Waals surface area contributed by atoms with Crippen LogP contribution in [0.3, 0.4) is 0 Å². The van der Waals surface area contributed by atoms with Gasteiger partial charge in [-0.25, -0.2) is 0 Å². The molecule has 83 heavy (non-hydrogen) atoms. The van der Waals surface area contributed by atoms with Crippen molar-refractivity contribution in [3.63, 3.8) is 0 Å². The monoisotopic (exact) mass is 1140 g/mol. The highest BCUT2D eigenvalue weighted by Crippen LogP contribution is 2.14. The van der Waals surface area contributed by atoms with Crippen LogP contribution in [0.25, 0.3) is 0 Å². The second kappa shape index (κ2) is 69.0. The molecule has 0 rings (SSSR count). The van der Waals surface area contributed by atoms with Crippen LogP contribution in [0.4, 0.5) is 0 Å². The standard InChI is InChI=1S/C77H120O6/c1-4-7-10-13-16-19-22-25-28-30-31-32-33-34-35-36-37-38-39-40-41-42-43-44-45-47-49-52-55-58-61-64-67-70-76(79)82-73-74(72-81-75(78)69-66-63-60-57-54-51-48-27-24-21-18-15-12-9-6-3)83-77(80)71-68-65-62-59-56-53-50-46-29-26-23-20-17-14-11-8-5-2/h7,9-10,12,16-21,25-29,31-32,34-35,37-38,40-41,43-44,47-49,55,58,74H,4-6,8,11,13-15,22-24,30,33,36,39,42,45-46,50-54,56-57,59-73H2,1-3H3/b10-7-,12-9-,19-16-,20-17-,21-18-,28-25-,29-26-,32-31-,35-34-,38-37-,41-40-,44-43-,48-27-,49-47-,58-55-. The highest BCUT2D eigenvalue weighted by Gasteiger charge is 2.19. The lowest BCUT2D eigenvalue weighted by atomic mass is 10.1. The number of ether oxygens (including phenoxy) is 3. The van der Waals surface area contributed by atoms with Gasteiger partial charge in [0.15, 0.2) is 6.10 Å². The van der Waals surface area contributed by atoms with Gasteiger partial charge in [0.1, 0.15) is 13.2 Å². The van der Waals surface area contributed by atoms with Gasteiger partial charge in [0.25, 0.3) is 0 Å². The first-order valence-corrected chi connectivity index (χ1v) is 33.3. The Morgan fingerprint density at radius 2 is 0.470 bits per heavy atom. The van der Waals surface area contributed by atoms with Gasteiger partial charge < -0.3 is 14.2 Å². The van der Waals surface area contributed by atoms with Crippen LogP contribution in [0.5, 0.6) is 0 Å². The van der Waals surface area contributed by atoms with Crippen LogP contribution in [0.15, 0.2) is 182 Å². The summed E-state index contributed by atoms with van der Waals surface area (Å²) in [5.74, 6) is -0.986. The van der Waals surface area contributed by atoms with Crippen molar-refractivity contribution in [1.82, 2.24) is 0 Å². The van der Waals surface area contributed by atoms with Crippen molar-refractivity contribution >= 4 is 17.9 Å². The molecule has 0 aromatic heterocycles. The summed E-state index contributed by atoms with van der Waals surface area (Å²) in [7, 11) is 0. The van der Waals surface area contributed by atoms with Gasteiger partial charge >= 0.3 is 17.9 Å². The quantitative estimate of drug-likeness (QED) is 0.0261. The van der Waals surface area contributed by atoms with Gasteiger partial charge in [-0.3, -0.25) is 14.4 Å². The Kier molecular flexibility index (Phi) is 64.4. The number of carbonyl (C=O) groups is 3. The van der Waals surface area contributed by atoms with E-state index in [0.717, 1.165) is 167 Å². The van der Waals surface area contributed by atoms with E-state index in [9.17, 15) is 14.4 Å². The molecule has 0 aromatic rings. The summed E-state index contributed by atoms with van der Waals surface area (Å²) in [6, 6.07) is 0. The first-order chi connectivity index (χ1) is 41.0. The van der Waals surface area contributed by atoms with Crippen molar-refractivity contribution in [3.05, 3.63) is 182 Å². The zero-order valence-electron chi connectivity index (χ0n) is 53.1. The van der Waals surface area contributed by atoms with E-state index in [-0.39, 0.29) is 37.5 Å². The Bertz CT molecular complexity index is 1940. The summed E-state index contributed by atoms with van der Waals surface area (Å²) in [6.45, 7) is 6.32. The average molecular weight is 1140 g/mol. The van der Waals surface area contributed by atoms with E-state index in [2.05, 4.69) is 203 Å². The summed E-state index contributed by atoms with van der Waals surface area (Å²) >= 11 is 0. The maximum Gasteiger partial charge on any atom is 0.306 e. The molecule has 6 nitrogen and oxygen atoms in total. The molecule has 0 saturated carbocycles. The molecule has 0 amide bonds. The Morgan fingerprint density at radius 3 is 0.759 bits per heavy atom. The number of hydrogen-bond donors (Lipinski definition) is 0. The van der Waals surface area contributed by atoms with Crippen molar-refractivity contribution in [2.45, 2.75) is 271 Å². The minimum absolute atomic E-state index is 0.112. The summed E-state index contributed by atoms with van der Waals surface area (Å²) < 4.78 is 16.9. The normalized spacial score (nSPS) is 13.3. The number of carbonyl (C=O) groups excluding carboxylic acids is 3. The van der Waals surface area contributed by atoms with Gasteiger partial charge in [-0.15, -0.1) is 0 Å². The third-order valence-corrected chi connectivity index (χ3v) is 13.4. The highest BCUT2D eigenvalue weighted by molar-refractivity contribution is 5.71. The van der Waals surface area contributed by atoms with E-state index in [4.69, 9.17) is 14.2 Å². The predicted octanol–water partition coefficient (Wildman–Crippen LogP) is 23.2. The molecular weight excluding hydrogens is 1020 g/mol. The van der Waals surface area contributed by atoms with Crippen LogP contribution in [-0.4, -0.2) is 37.2 Å². The fraction of sp³-hybridized carbons (Fsp3) is 0.571. The lowest BCUT2D eigenvalue weighted by Gasteiger charge is -2.18. The maximum absolute atomic E-state index is 12.9. The van der Waals surface area contributed by atoms with E-state index in [1.54, 1.807) is 0 Å². The SMILES string of the molecule is CC/C=C\C/C=C\C/C=C\C/C=C\C/C=C\C/C=C\C/C=C\C/C=C\C/C=C\C/C=C\CCCCC(=O)OCC(COC(=O)CCCCCCC/C=C\C/C=C\C/C=C\CC)OC(=O)CCCCCCCCC/C=C\C/C=C\CCCCC. The molecule has 0 bridgehead atoms. The fourth-order valence-electron chi connectivity index (χ4n) is 8.46.